The molecule has 1 saturated heterocycles. The molecule has 0 spiro atoms. The van der Waals surface area contributed by atoms with E-state index in [-0.39, 0.29) is 13.2 Å². The number of ether oxygens (including phenoxy) is 2. The second-order valence-electron chi connectivity index (χ2n) is 3.39. The van der Waals surface area contributed by atoms with Crippen LogP contribution < -0.4 is 10.1 Å². The van der Waals surface area contributed by atoms with Crippen molar-refractivity contribution in [3.05, 3.63) is 29.6 Å². The number of rotatable bonds is 3. The van der Waals surface area contributed by atoms with Crippen molar-refractivity contribution in [2.24, 2.45) is 0 Å². The van der Waals surface area contributed by atoms with Gasteiger partial charge in [0, 0.05) is 0 Å². The number of alkyl carbamates (subject to hydrolysis) is 1. The summed E-state index contributed by atoms with van der Waals surface area (Å²) in [6.07, 6.45) is -1.17. The number of nitrogens with one attached hydrogen (secondary N) is 1. The van der Waals surface area contributed by atoms with E-state index in [0.717, 1.165) is 12.1 Å². The van der Waals surface area contributed by atoms with Crippen molar-refractivity contribution in [1.82, 2.24) is 5.32 Å². The lowest BCUT2D eigenvalue weighted by molar-refractivity contribution is 0.103. The number of hydrogen-bond acceptors (Lipinski definition) is 3. The standard InChI is InChI=1S/C10H8F3NO3/c11-6-1-2-7(9(13)8(6)12)16-4-5-3-14-10(15)17-5/h1-2,5H,3-4H2,(H,14,15). The summed E-state index contributed by atoms with van der Waals surface area (Å²) in [6, 6.07) is 1.73. The first-order valence-electron chi connectivity index (χ1n) is 4.78. The van der Waals surface area contributed by atoms with Crippen LogP contribution in [0.2, 0.25) is 0 Å². The maximum Gasteiger partial charge on any atom is 0.407 e. The van der Waals surface area contributed by atoms with Crippen molar-refractivity contribution < 1.29 is 27.4 Å². The van der Waals surface area contributed by atoms with Crippen LogP contribution in [0.5, 0.6) is 5.75 Å². The SMILES string of the molecule is O=C1NCC(COc2ccc(F)c(F)c2F)O1. The number of amides is 1. The van der Waals surface area contributed by atoms with E-state index >= 15 is 0 Å². The Morgan fingerprint density at radius 3 is 2.76 bits per heavy atom. The van der Waals surface area contributed by atoms with E-state index in [0.29, 0.717) is 0 Å². The van der Waals surface area contributed by atoms with Crippen molar-refractivity contribution in [2.75, 3.05) is 13.2 Å². The lowest BCUT2D eigenvalue weighted by Gasteiger charge is -2.11. The Hall–Kier alpha value is -1.92. The molecule has 0 aliphatic carbocycles. The Bertz CT molecular complexity index is 453. The molecule has 1 aromatic carbocycles. The molecule has 7 heteroatoms. The molecule has 0 radical (unpaired) electrons. The van der Waals surface area contributed by atoms with Crippen LogP contribution in [0.4, 0.5) is 18.0 Å². The molecular formula is C10H8F3NO3. The molecule has 0 saturated carbocycles. The molecule has 1 aliphatic heterocycles. The van der Waals surface area contributed by atoms with Crippen molar-refractivity contribution in [3.63, 3.8) is 0 Å². The number of halogens is 3. The van der Waals surface area contributed by atoms with Crippen molar-refractivity contribution in [1.29, 1.82) is 0 Å². The molecule has 2 rings (SSSR count). The zero-order valence-electron chi connectivity index (χ0n) is 8.50. The summed E-state index contributed by atoms with van der Waals surface area (Å²) >= 11 is 0. The van der Waals surface area contributed by atoms with Gasteiger partial charge in [0.1, 0.15) is 6.61 Å². The third-order valence-corrected chi connectivity index (χ3v) is 2.17. The van der Waals surface area contributed by atoms with Gasteiger partial charge in [-0.3, -0.25) is 0 Å². The molecule has 1 unspecified atom stereocenters. The van der Waals surface area contributed by atoms with Gasteiger partial charge >= 0.3 is 6.09 Å². The van der Waals surface area contributed by atoms with Gasteiger partial charge in [0.15, 0.2) is 23.5 Å². The van der Waals surface area contributed by atoms with E-state index in [1.165, 1.54) is 0 Å². The number of benzene rings is 1. The summed E-state index contributed by atoms with van der Waals surface area (Å²) in [5.74, 6) is -4.71. The normalized spacial score (nSPS) is 18.8. The smallest absolute Gasteiger partial charge is 0.407 e. The van der Waals surface area contributed by atoms with Crippen LogP contribution in [0.3, 0.4) is 0 Å². The van der Waals surface area contributed by atoms with Gasteiger partial charge in [0.25, 0.3) is 0 Å². The molecule has 1 atom stereocenters. The molecule has 0 aromatic heterocycles. The minimum Gasteiger partial charge on any atom is -0.486 e. The summed E-state index contributed by atoms with van der Waals surface area (Å²) in [4.78, 5) is 10.7. The number of carbonyl (C=O) groups excluding carboxylic acids is 1. The van der Waals surface area contributed by atoms with E-state index in [2.05, 4.69) is 5.32 Å². The minimum absolute atomic E-state index is 0.138. The van der Waals surface area contributed by atoms with Crippen LogP contribution in [0.1, 0.15) is 0 Å². The fourth-order valence-corrected chi connectivity index (χ4v) is 1.33. The molecule has 0 bridgehead atoms. The molecule has 1 fully saturated rings. The number of carbonyl (C=O) groups is 1. The maximum absolute atomic E-state index is 13.1. The molecule has 1 N–H and O–H groups in total. The van der Waals surface area contributed by atoms with Gasteiger partial charge in [-0.1, -0.05) is 0 Å². The largest absolute Gasteiger partial charge is 0.486 e. The quantitative estimate of drug-likeness (QED) is 0.825. The monoisotopic (exact) mass is 247 g/mol. The fraction of sp³-hybridized carbons (Fsp3) is 0.300. The minimum atomic E-state index is -1.59. The van der Waals surface area contributed by atoms with Crippen LogP contribution >= 0.6 is 0 Å². The Labute approximate surface area is 94.3 Å². The van der Waals surface area contributed by atoms with E-state index in [1.807, 2.05) is 0 Å². The van der Waals surface area contributed by atoms with Crippen molar-refractivity contribution in [3.8, 4) is 5.75 Å². The zero-order chi connectivity index (χ0) is 12.4. The van der Waals surface area contributed by atoms with Crippen LogP contribution in [0.25, 0.3) is 0 Å². The molecule has 1 heterocycles. The molecule has 17 heavy (non-hydrogen) atoms. The van der Waals surface area contributed by atoms with Crippen LogP contribution in [-0.2, 0) is 4.74 Å². The van der Waals surface area contributed by atoms with Gasteiger partial charge in [-0.25, -0.2) is 13.6 Å². The summed E-state index contributed by atoms with van der Waals surface area (Å²) in [5, 5.41) is 2.37. The first-order chi connectivity index (χ1) is 8.08. The van der Waals surface area contributed by atoms with Gasteiger partial charge in [0.05, 0.1) is 6.54 Å². The van der Waals surface area contributed by atoms with E-state index in [4.69, 9.17) is 9.47 Å². The fourth-order valence-electron chi connectivity index (χ4n) is 1.33. The highest BCUT2D eigenvalue weighted by Gasteiger charge is 2.24. The molecule has 1 aromatic rings. The third-order valence-electron chi connectivity index (χ3n) is 2.17. The number of cyclic esters (lactones) is 1. The Morgan fingerprint density at radius 1 is 1.35 bits per heavy atom. The predicted octanol–water partition coefficient (Wildman–Crippen LogP) is 1.59. The zero-order valence-corrected chi connectivity index (χ0v) is 8.50. The average Bonchev–Trinajstić information content (AvgIpc) is 2.71. The van der Waals surface area contributed by atoms with Gasteiger partial charge in [-0.05, 0) is 12.1 Å². The Balaban J connectivity index is 2.00. The molecule has 1 aliphatic rings. The highest BCUT2D eigenvalue weighted by atomic mass is 19.2. The average molecular weight is 247 g/mol. The van der Waals surface area contributed by atoms with E-state index in [9.17, 15) is 18.0 Å². The van der Waals surface area contributed by atoms with Crippen LogP contribution in [0, 0.1) is 17.5 Å². The number of hydrogen-bond donors (Lipinski definition) is 1. The first kappa shape index (κ1) is 11.6. The second-order valence-corrected chi connectivity index (χ2v) is 3.39. The van der Waals surface area contributed by atoms with Crippen LogP contribution in [-0.4, -0.2) is 25.3 Å². The highest BCUT2D eigenvalue weighted by Crippen LogP contribution is 2.22. The summed E-state index contributed by atoms with van der Waals surface area (Å²) < 4.78 is 48.2. The maximum atomic E-state index is 13.1. The first-order valence-corrected chi connectivity index (χ1v) is 4.78. The lowest BCUT2D eigenvalue weighted by atomic mass is 10.3. The summed E-state index contributed by atoms with van der Waals surface area (Å²) in [7, 11) is 0. The van der Waals surface area contributed by atoms with E-state index < -0.39 is 35.4 Å². The van der Waals surface area contributed by atoms with Crippen molar-refractivity contribution >= 4 is 6.09 Å². The van der Waals surface area contributed by atoms with Gasteiger partial charge < -0.3 is 14.8 Å². The molecule has 4 nitrogen and oxygen atoms in total. The van der Waals surface area contributed by atoms with Crippen LogP contribution in [0.15, 0.2) is 12.1 Å². The summed E-state index contributed by atoms with van der Waals surface area (Å²) in [5.41, 5.74) is 0. The highest BCUT2D eigenvalue weighted by molar-refractivity contribution is 5.69. The molecule has 1 amide bonds. The van der Waals surface area contributed by atoms with Crippen molar-refractivity contribution in [2.45, 2.75) is 6.10 Å². The van der Waals surface area contributed by atoms with Gasteiger partial charge in [0.2, 0.25) is 5.82 Å². The summed E-state index contributed by atoms with van der Waals surface area (Å²) in [6.45, 7) is 0.0882. The Kier molecular flexibility index (Phi) is 3.08. The predicted molar refractivity (Wildman–Crippen MR) is 50.1 cm³/mol. The second kappa shape index (κ2) is 4.52. The third kappa shape index (κ3) is 2.43. The van der Waals surface area contributed by atoms with Gasteiger partial charge in [-0.15, -0.1) is 0 Å². The molecular weight excluding hydrogens is 239 g/mol. The van der Waals surface area contributed by atoms with E-state index in [1.54, 1.807) is 0 Å². The molecule has 92 valence electrons. The topological polar surface area (TPSA) is 47.6 Å². The lowest BCUT2D eigenvalue weighted by Crippen LogP contribution is -2.22. The van der Waals surface area contributed by atoms with Gasteiger partial charge in [-0.2, -0.15) is 4.39 Å². The Morgan fingerprint density at radius 2 is 2.12 bits per heavy atom.